The fourth-order valence-electron chi connectivity index (χ4n) is 2.54. The molecule has 0 spiro atoms. The van der Waals surface area contributed by atoms with Crippen molar-refractivity contribution >= 4 is 34.4 Å². The zero-order valence-electron chi connectivity index (χ0n) is 15.1. The second kappa shape index (κ2) is 8.07. The SMILES string of the molecule is CC(=Nc1ccccc1C)c1cccc(C(C)=Nc2ccccc2Cl)n1. The molecule has 0 aliphatic heterocycles. The molecule has 0 amide bonds. The molecule has 0 bridgehead atoms. The lowest BCUT2D eigenvalue weighted by Crippen LogP contribution is -2.05. The molecule has 130 valence electrons. The van der Waals surface area contributed by atoms with Crippen LogP contribution in [0.2, 0.25) is 5.02 Å². The molecule has 1 heterocycles. The molecule has 26 heavy (non-hydrogen) atoms. The molecule has 0 fully saturated rings. The molecular formula is C22H20ClN3. The van der Waals surface area contributed by atoms with Crippen LogP contribution in [0.15, 0.2) is 76.7 Å². The Hall–Kier alpha value is -2.78. The Labute approximate surface area is 159 Å². The number of para-hydroxylation sites is 2. The number of nitrogens with zero attached hydrogens (tertiary/aromatic N) is 3. The maximum absolute atomic E-state index is 6.20. The lowest BCUT2D eigenvalue weighted by molar-refractivity contribution is 1.24. The first-order valence-corrected chi connectivity index (χ1v) is 8.81. The number of aromatic nitrogens is 1. The topological polar surface area (TPSA) is 37.6 Å². The van der Waals surface area contributed by atoms with Crippen molar-refractivity contribution < 1.29 is 0 Å². The van der Waals surface area contributed by atoms with Gasteiger partial charge in [0.1, 0.15) is 0 Å². The van der Waals surface area contributed by atoms with Crippen molar-refractivity contribution in [2.75, 3.05) is 0 Å². The van der Waals surface area contributed by atoms with Crippen molar-refractivity contribution in [1.29, 1.82) is 0 Å². The van der Waals surface area contributed by atoms with Gasteiger partial charge in [0.25, 0.3) is 0 Å². The maximum Gasteiger partial charge on any atom is 0.0849 e. The maximum atomic E-state index is 6.20. The van der Waals surface area contributed by atoms with E-state index in [-0.39, 0.29) is 0 Å². The molecule has 0 aliphatic rings. The van der Waals surface area contributed by atoms with Crippen molar-refractivity contribution in [2.24, 2.45) is 9.98 Å². The molecule has 3 aromatic rings. The predicted molar refractivity (Wildman–Crippen MR) is 111 cm³/mol. The summed E-state index contributed by atoms with van der Waals surface area (Å²) in [6.07, 6.45) is 0. The standard InChI is InChI=1S/C22H20ClN3/c1-15-9-4-6-11-19(15)24-16(2)20-13-8-14-21(26-20)17(3)25-22-12-7-5-10-18(22)23/h4-14H,1-3H3. The second-order valence-electron chi connectivity index (χ2n) is 6.04. The van der Waals surface area contributed by atoms with E-state index in [2.05, 4.69) is 18.0 Å². The van der Waals surface area contributed by atoms with Crippen molar-refractivity contribution in [2.45, 2.75) is 20.8 Å². The Morgan fingerprint density at radius 2 is 1.27 bits per heavy atom. The third kappa shape index (κ3) is 4.24. The summed E-state index contributed by atoms with van der Waals surface area (Å²) in [6.45, 7) is 5.96. The molecule has 1 aromatic heterocycles. The summed E-state index contributed by atoms with van der Waals surface area (Å²) in [5, 5.41) is 0.625. The van der Waals surface area contributed by atoms with E-state index >= 15 is 0 Å². The minimum atomic E-state index is 0.625. The molecule has 2 aromatic carbocycles. The first kappa shape index (κ1) is 18.0. The van der Waals surface area contributed by atoms with E-state index in [4.69, 9.17) is 21.6 Å². The normalized spacial score (nSPS) is 12.3. The number of halogens is 1. The summed E-state index contributed by atoms with van der Waals surface area (Å²) in [5.41, 5.74) is 6.15. The van der Waals surface area contributed by atoms with Gasteiger partial charge in [-0.05, 0) is 56.7 Å². The van der Waals surface area contributed by atoms with Crippen molar-refractivity contribution in [3.05, 3.63) is 88.7 Å². The zero-order chi connectivity index (χ0) is 18.5. The molecule has 0 atom stereocenters. The van der Waals surface area contributed by atoms with E-state index in [1.54, 1.807) is 0 Å². The number of rotatable bonds is 4. The van der Waals surface area contributed by atoms with E-state index in [1.165, 1.54) is 0 Å². The molecule has 3 rings (SSSR count). The molecule has 0 aliphatic carbocycles. The van der Waals surface area contributed by atoms with Crippen LogP contribution in [0.25, 0.3) is 0 Å². The van der Waals surface area contributed by atoms with Gasteiger partial charge in [-0.2, -0.15) is 0 Å². The summed E-state index contributed by atoms with van der Waals surface area (Å²) in [4.78, 5) is 14.0. The Kier molecular flexibility index (Phi) is 5.59. The van der Waals surface area contributed by atoms with E-state index in [0.717, 1.165) is 39.7 Å². The highest BCUT2D eigenvalue weighted by atomic mass is 35.5. The number of benzene rings is 2. The van der Waals surface area contributed by atoms with E-state index in [9.17, 15) is 0 Å². The summed E-state index contributed by atoms with van der Waals surface area (Å²) < 4.78 is 0. The summed E-state index contributed by atoms with van der Waals surface area (Å²) in [6, 6.07) is 21.5. The molecule has 0 N–H and O–H groups in total. The highest BCUT2D eigenvalue weighted by Crippen LogP contribution is 2.24. The van der Waals surface area contributed by atoms with Crippen molar-refractivity contribution in [1.82, 2.24) is 4.98 Å². The van der Waals surface area contributed by atoms with Crippen LogP contribution >= 0.6 is 11.6 Å². The van der Waals surface area contributed by atoms with Crippen molar-refractivity contribution in [3.63, 3.8) is 0 Å². The van der Waals surface area contributed by atoms with E-state index < -0.39 is 0 Å². The minimum absolute atomic E-state index is 0.625. The number of hydrogen-bond donors (Lipinski definition) is 0. The summed E-state index contributed by atoms with van der Waals surface area (Å²) in [7, 11) is 0. The number of pyridine rings is 1. The Balaban J connectivity index is 1.93. The predicted octanol–water partition coefficient (Wildman–Crippen LogP) is 6.32. The molecule has 4 heteroatoms. The van der Waals surface area contributed by atoms with Crippen LogP contribution in [0.3, 0.4) is 0 Å². The average molecular weight is 362 g/mol. The van der Waals surface area contributed by atoms with Gasteiger partial charge >= 0.3 is 0 Å². The van der Waals surface area contributed by atoms with Gasteiger partial charge in [0.2, 0.25) is 0 Å². The molecule has 0 saturated carbocycles. The van der Waals surface area contributed by atoms with Crippen molar-refractivity contribution in [3.8, 4) is 0 Å². The highest BCUT2D eigenvalue weighted by Gasteiger charge is 2.06. The number of aliphatic imine (C=N–C) groups is 2. The summed E-state index contributed by atoms with van der Waals surface area (Å²) in [5.74, 6) is 0. The van der Waals surface area contributed by atoms with Crippen LogP contribution in [0, 0.1) is 6.92 Å². The lowest BCUT2D eigenvalue weighted by Gasteiger charge is -2.06. The van der Waals surface area contributed by atoms with Gasteiger partial charge in [0.15, 0.2) is 0 Å². The molecule has 0 radical (unpaired) electrons. The van der Waals surface area contributed by atoms with Crippen LogP contribution in [0.5, 0.6) is 0 Å². The van der Waals surface area contributed by atoms with Gasteiger partial charge < -0.3 is 0 Å². The fraction of sp³-hybridized carbons (Fsp3) is 0.136. The highest BCUT2D eigenvalue weighted by molar-refractivity contribution is 6.33. The van der Waals surface area contributed by atoms with Gasteiger partial charge in [0.05, 0.1) is 39.2 Å². The molecule has 3 nitrogen and oxygen atoms in total. The number of hydrogen-bond acceptors (Lipinski definition) is 3. The van der Waals surface area contributed by atoms with E-state index in [0.29, 0.717) is 5.02 Å². The van der Waals surface area contributed by atoms with Crippen LogP contribution in [-0.2, 0) is 0 Å². The minimum Gasteiger partial charge on any atom is -0.251 e. The Morgan fingerprint density at radius 3 is 1.88 bits per heavy atom. The average Bonchev–Trinajstić information content (AvgIpc) is 2.65. The Bertz CT molecular complexity index is 913. The first-order valence-electron chi connectivity index (χ1n) is 8.43. The van der Waals surface area contributed by atoms with E-state index in [1.807, 2.05) is 74.5 Å². The monoisotopic (exact) mass is 361 g/mol. The third-order valence-electron chi connectivity index (χ3n) is 4.03. The zero-order valence-corrected chi connectivity index (χ0v) is 15.8. The summed E-state index contributed by atoms with van der Waals surface area (Å²) >= 11 is 6.20. The molecule has 0 unspecified atom stereocenters. The number of aryl methyl sites for hydroxylation is 1. The molecular weight excluding hydrogens is 342 g/mol. The van der Waals surface area contributed by atoms with Gasteiger partial charge in [-0.15, -0.1) is 0 Å². The quantitative estimate of drug-likeness (QED) is 0.500. The van der Waals surface area contributed by atoms with Crippen LogP contribution < -0.4 is 0 Å². The van der Waals surface area contributed by atoms with Gasteiger partial charge in [-0.25, -0.2) is 9.98 Å². The van der Waals surface area contributed by atoms with Crippen LogP contribution in [-0.4, -0.2) is 16.4 Å². The smallest absolute Gasteiger partial charge is 0.0849 e. The molecule has 0 saturated heterocycles. The second-order valence-corrected chi connectivity index (χ2v) is 6.45. The Morgan fingerprint density at radius 1 is 0.731 bits per heavy atom. The first-order chi connectivity index (χ1) is 12.5. The largest absolute Gasteiger partial charge is 0.251 e. The van der Waals surface area contributed by atoms with Crippen LogP contribution in [0.4, 0.5) is 11.4 Å². The third-order valence-corrected chi connectivity index (χ3v) is 4.35. The van der Waals surface area contributed by atoms with Gasteiger partial charge in [-0.3, -0.25) is 4.99 Å². The van der Waals surface area contributed by atoms with Gasteiger partial charge in [-0.1, -0.05) is 48.0 Å². The lowest BCUT2D eigenvalue weighted by atomic mass is 10.2. The van der Waals surface area contributed by atoms with Crippen LogP contribution in [0.1, 0.15) is 30.8 Å². The fourth-order valence-corrected chi connectivity index (χ4v) is 2.72. The van der Waals surface area contributed by atoms with Gasteiger partial charge in [0, 0.05) is 0 Å².